The van der Waals surface area contributed by atoms with Gasteiger partial charge in [0.25, 0.3) is 0 Å². The van der Waals surface area contributed by atoms with Gasteiger partial charge in [0.15, 0.2) is 37.7 Å². The number of amides is 3. The number of carbonyl (C=O) groups excluding carboxylic acids is 3. The molecule has 33 nitrogen and oxygen atoms in total. The Labute approximate surface area is 426 Å². The highest BCUT2D eigenvalue weighted by Gasteiger charge is 2.58. The minimum absolute atomic E-state index is 0.804. The zero-order valence-corrected chi connectivity index (χ0v) is 40.7. The van der Waals surface area contributed by atoms with E-state index >= 15 is 0 Å². The van der Waals surface area contributed by atoms with Gasteiger partial charge in [0, 0.05) is 20.8 Å². The lowest BCUT2D eigenvalue weighted by atomic mass is 9.93. The van der Waals surface area contributed by atoms with Crippen molar-refractivity contribution in [3.63, 3.8) is 0 Å². The molecule has 434 valence electrons. The van der Waals surface area contributed by atoms with Gasteiger partial charge in [-0.15, -0.1) is 0 Å². The molecule has 75 heavy (non-hydrogen) atoms. The standard InChI is InChI=1S/C42H71N3O30/c1-10-22(53)27(58)30(61)40(66-10)75-36-21(45-13(4)52)38(70-17(8-49)34(36)73-42-32(63)29(60)24(55)15(6-47)69-42)65-9-18-25(56)35(20(37(64)67-18)44-12(3)51)74-39-19(43-11(2)50)26(57)33(16(7-48)71-39)72-41-31(62)28(59)23(54)14(5-46)68-41/h10,14-42,46-49,53-64H,5-9H2,1-4H3,(H,43,50)(H,44,51)(H,45,52)/t10-,14+,15+,16+,17+,18+,19+,20+,21+,22+,23-,24-,25-,26+,27+,28-,29-,30-,31+,32+,33+,34+,35+,36+,37-,38+,39-,40-,41-,42-/m0/s1. The third kappa shape index (κ3) is 13.7. The predicted molar refractivity (Wildman–Crippen MR) is 233 cm³/mol. The zero-order valence-electron chi connectivity index (χ0n) is 40.7. The summed E-state index contributed by atoms with van der Waals surface area (Å²) in [7, 11) is 0. The molecule has 6 heterocycles. The Hall–Kier alpha value is -2.67. The minimum Gasteiger partial charge on any atom is -0.394 e. The average Bonchev–Trinajstić information content (AvgIpc) is 3.36. The summed E-state index contributed by atoms with van der Waals surface area (Å²) >= 11 is 0. The molecule has 3 amide bonds. The molecular formula is C42H71N3O30. The van der Waals surface area contributed by atoms with Crippen LogP contribution in [0.25, 0.3) is 0 Å². The van der Waals surface area contributed by atoms with Crippen molar-refractivity contribution in [1.29, 1.82) is 0 Å². The maximum Gasteiger partial charge on any atom is 0.217 e. The Morgan fingerprint density at radius 2 is 0.773 bits per heavy atom. The normalized spacial score (nSPS) is 48.6. The molecule has 0 aliphatic carbocycles. The average molecular weight is 1100 g/mol. The fourth-order valence-electron chi connectivity index (χ4n) is 9.56. The summed E-state index contributed by atoms with van der Waals surface area (Å²) in [5, 5.41) is 178. The topological polar surface area (TPSA) is 513 Å². The molecule has 0 unspecified atom stereocenters. The van der Waals surface area contributed by atoms with E-state index in [1.165, 1.54) is 6.92 Å². The summed E-state index contributed by atoms with van der Waals surface area (Å²) in [5.41, 5.74) is 0. The predicted octanol–water partition coefficient (Wildman–Crippen LogP) is -12.6. The van der Waals surface area contributed by atoms with Crippen LogP contribution in [0.3, 0.4) is 0 Å². The smallest absolute Gasteiger partial charge is 0.217 e. The van der Waals surface area contributed by atoms with Crippen molar-refractivity contribution in [3.8, 4) is 0 Å². The van der Waals surface area contributed by atoms with E-state index < -0.39 is 235 Å². The van der Waals surface area contributed by atoms with Crippen LogP contribution in [0.15, 0.2) is 0 Å². The molecule has 0 aromatic heterocycles. The largest absolute Gasteiger partial charge is 0.394 e. The van der Waals surface area contributed by atoms with Crippen molar-refractivity contribution in [2.45, 2.75) is 212 Å². The van der Waals surface area contributed by atoms with E-state index in [2.05, 4.69) is 16.0 Å². The summed E-state index contributed by atoms with van der Waals surface area (Å²) in [6.07, 6.45) is -49.1. The second-order valence-electron chi connectivity index (χ2n) is 19.0. The Morgan fingerprint density at radius 1 is 0.373 bits per heavy atom. The van der Waals surface area contributed by atoms with Crippen molar-refractivity contribution >= 4 is 17.7 Å². The third-order valence-electron chi connectivity index (χ3n) is 13.6. The van der Waals surface area contributed by atoms with Crippen LogP contribution >= 0.6 is 0 Å². The molecule has 0 aromatic rings. The number of ether oxygens (including phenoxy) is 11. The van der Waals surface area contributed by atoms with E-state index in [1.807, 2.05) is 0 Å². The molecule has 0 saturated carbocycles. The van der Waals surface area contributed by atoms with E-state index in [1.54, 1.807) is 0 Å². The number of rotatable bonds is 18. The van der Waals surface area contributed by atoms with Crippen LogP contribution in [0.5, 0.6) is 0 Å². The molecule has 6 aliphatic rings. The van der Waals surface area contributed by atoms with Crippen LogP contribution in [0.2, 0.25) is 0 Å². The first-order valence-corrected chi connectivity index (χ1v) is 23.9. The van der Waals surface area contributed by atoms with Gasteiger partial charge >= 0.3 is 0 Å². The van der Waals surface area contributed by atoms with Gasteiger partial charge in [-0.1, -0.05) is 0 Å². The number of nitrogens with one attached hydrogen (secondary N) is 3. The van der Waals surface area contributed by atoms with E-state index in [9.17, 15) is 96.1 Å². The van der Waals surface area contributed by atoms with E-state index in [0.717, 1.165) is 20.8 Å². The van der Waals surface area contributed by atoms with Crippen molar-refractivity contribution in [1.82, 2.24) is 16.0 Å². The maximum absolute atomic E-state index is 12.9. The van der Waals surface area contributed by atoms with Crippen LogP contribution < -0.4 is 16.0 Å². The second kappa shape index (κ2) is 26.5. The first kappa shape index (κ1) is 61.5. The molecule has 0 radical (unpaired) electrons. The number of aliphatic hydroxyl groups excluding tert-OH is 16. The summed E-state index contributed by atoms with van der Waals surface area (Å²) < 4.78 is 64.3. The number of carbonyl (C=O) groups is 3. The monoisotopic (exact) mass is 1100 g/mol. The lowest BCUT2D eigenvalue weighted by Gasteiger charge is -2.51. The molecule has 6 saturated heterocycles. The van der Waals surface area contributed by atoms with Gasteiger partial charge in [0.05, 0.1) is 39.1 Å². The number of aliphatic hydroxyl groups is 16. The lowest BCUT2D eigenvalue weighted by Crippen LogP contribution is -2.71. The van der Waals surface area contributed by atoms with Crippen LogP contribution in [0.1, 0.15) is 27.7 Å². The van der Waals surface area contributed by atoms with Gasteiger partial charge in [-0.2, -0.15) is 0 Å². The quantitative estimate of drug-likeness (QED) is 0.0606. The Morgan fingerprint density at radius 3 is 1.28 bits per heavy atom. The summed E-state index contributed by atoms with van der Waals surface area (Å²) in [5.74, 6) is -2.45. The van der Waals surface area contributed by atoms with Crippen molar-refractivity contribution in [2.24, 2.45) is 0 Å². The van der Waals surface area contributed by atoms with Gasteiger partial charge in [-0.05, 0) is 6.92 Å². The number of hydrogen-bond donors (Lipinski definition) is 19. The Balaban J connectivity index is 1.28. The van der Waals surface area contributed by atoms with E-state index in [0.29, 0.717) is 0 Å². The molecule has 19 N–H and O–H groups in total. The molecule has 0 aromatic carbocycles. The SMILES string of the molecule is CC(=O)N[C@@H]1[C@@H](O[C@@H]2O[C@H](CO)[C@@H](O[C@@H]3O[C@H](CO)[C@H](O)[C@H](O)[C@H]3O)[C@H](O)[C@H]2NC(C)=O)[C@@H](O)[C@@H](CO[C@@H]2O[C@H](CO)[C@@H](O[C@@H]3O[C@H](CO)[C@H](O)[C@H](O)[C@H]3O)[C@H](O[C@@H]3O[C@@H](C)[C@@H](O)[C@@H](O)[C@@H]3O)[C@H]2NC(C)=O)O[C@@H]1O. The first-order valence-electron chi connectivity index (χ1n) is 23.9. The fraction of sp³-hybridized carbons (Fsp3) is 0.929. The van der Waals surface area contributed by atoms with Gasteiger partial charge in [0.1, 0.15) is 140 Å². The fourth-order valence-corrected chi connectivity index (χ4v) is 9.56. The number of hydrogen-bond acceptors (Lipinski definition) is 30. The van der Waals surface area contributed by atoms with E-state index in [4.69, 9.17) is 52.1 Å². The maximum atomic E-state index is 12.9. The molecule has 0 bridgehead atoms. The van der Waals surface area contributed by atoms with Crippen LogP contribution in [-0.4, -0.2) is 317 Å². The molecule has 6 fully saturated rings. The van der Waals surface area contributed by atoms with Crippen molar-refractivity contribution in [2.75, 3.05) is 33.0 Å². The highest BCUT2D eigenvalue weighted by atomic mass is 16.8. The molecular weight excluding hydrogens is 1030 g/mol. The third-order valence-corrected chi connectivity index (χ3v) is 13.6. The molecule has 6 aliphatic heterocycles. The van der Waals surface area contributed by atoms with Crippen LogP contribution in [0.4, 0.5) is 0 Å². The first-order chi connectivity index (χ1) is 35.4. The van der Waals surface area contributed by atoms with Gasteiger partial charge in [-0.25, -0.2) is 0 Å². The Bertz CT molecular complexity index is 1850. The van der Waals surface area contributed by atoms with Crippen molar-refractivity contribution < 1.29 is 148 Å². The molecule has 6 rings (SSSR count). The summed E-state index contributed by atoms with van der Waals surface area (Å²) in [6, 6.07) is -5.11. The molecule has 33 heteroatoms. The Kier molecular flexibility index (Phi) is 21.8. The van der Waals surface area contributed by atoms with Gasteiger partial charge < -0.3 is 150 Å². The lowest BCUT2D eigenvalue weighted by molar-refractivity contribution is -0.376. The molecule has 0 spiro atoms. The highest BCUT2D eigenvalue weighted by Crippen LogP contribution is 2.36. The van der Waals surface area contributed by atoms with Gasteiger partial charge in [-0.3, -0.25) is 14.4 Å². The van der Waals surface area contributed by atoms with Crippen LogP contribution in [-0.2, 0) is 66.5 Å². The van der Waals surface area contributed by atoms with Crippen molar-refractivity contribution in [3.05, 3.63) is 0 Å². The zero-order chi connectivity index (χ0) is 55.5. The van der Waals surface area contributed by atoms with E-state index in [-0.39, 0.29) is 0 Å². The van der Waals surface area contributed by atoms with Gasteiger partial charge in [0.2, 0.25) is 17.7 Å². The van der Waals surface area contributed by atoms with Crippen LogP contribution in [0, 0.1) is 0 Å². The minimum atomic E-state index is -2.09. The molecule has 30 atom stereocenters. The summed E-state index contributed by atoms with van der Waals surface area (Å²) in [6.45, 7) is -0.216. The second-order valence-corrected chi connectivity index (χ2v) is 19.0. The highest BCUT2D eigenvalue weighted by molar-refractivity contribution is 5.74. The summed E-state index contributed by atoms with van der Waals surface area (Å²) in [4.78, 5) is 38.0.